The predicted molar refractivity (Wildman–Crippen MR) is 51.0 cm³/mol. The van der Waals surface area contributed by atoms with Crippen LogP contribution in [-0.2, 0) is 4.79 Å². The molecule has 68 valence electrons. The molecule has 1 nitrogen and oxygen atoms in total. The Hall–Kier alpha value is -1.15. The number of hydrogen-bond acceptors (Lipinski definition) is 1. The van der Waals surface area contributed by atoms with E-state index in [2.05, 4.69) is 0 Å². The fraction of sp³-hybridized carbons (Fsp3) is 0.100. The van der Waals surface area contributed by atoms with Crippen molar-refractivity contribution in [2.45, 2.75) is 6.92 Å². The van der Waals surface area contributed by atoms with Crippen molar-refractivity contribution in [3.05, 3.63) is 40.9 Å². The van der Waals surface area contributed by atoms with Crippen molar-refractivity contribution >= 4 is 23.2 Å². The number of Topliss-reactive ketones (excluding diaryl/α,β-unsaturated/α-hetero) is 1. The summed E-state index contributed by atoms with van der Waals surface area (Å²) in [7, 11) is 0. The Morgan fingerprint density at radius 3 is 2.31 bits per heavy atom. The summed E-state index contributed by atoms with van der Waals surface area (Å²) >= 11 is 5.46. The van der Waals surface area contributed by atoms with Gasteiger partial charge in [-0.2, -0.15) is 0 Å². The van der Waals surface area contributed by atoms with Crippen molar-refractivity contribution in [2.24, 2.45) is 0 Å². The molecule has 0 radical (unpaired) electrons. The zero-order valence-corrected chi connectivity index (χ0v) is 7.81. The molecule has 0 heterocycles. The maximum absolute atomic E-state index is 13.3. The molecule has 0 atom stereocenters. The van der Waals surface area contributed by atoms with Crippen molar-refractivity contribution in [1.29, 1.82) is 0 Å². The molecule has 0 aliphatic carbocycles. The molecule has 0 saturated carbocycles. The first-order valence-corrected chi connectivity index (χ1v) is 4.12. The van der Waals surface area contributed by atoms with E-state index in [1.807, 2.05) is 0 Å². The summed E-state index contributed by atoms with van der Waals surface area (Å²) in [5.74, 6) is -1.14. The van der Waals surface area contributed by atoms with Gasteiger partial charge in [-0.3, -0.25) is 4.79 Å². The average Bonchev–Trinajstić information content (AvgIpc) is 2.17. The monoisotopic (exact) mass is 198 g/mol. The van der Waals surface area contributed by atoms with Crippen LogP contribution in [0.1, 0.15) is 12.5 Å². The molecule has 3 heteroatoms. The van der Waals surface area contributed by atoms with Crippen molar-refractivity contribution in [2.75, 3.05) is 0 Å². The second-order valence-corrected chi connectivity index (χ2v) is 2.93. The fourth-order valence-electron chi connectivity index (χ4n) is 0.866. The third kappa shape index (κ3) is 2.39. The normalized spacial score (nSPS) is 12.2. The molecule has 0 unspecified atom stereocenters. The van der Waals surface area contributed by atoms with Crippen molar-refractivity contribution < 1.29 is 9.18 Å². The van der Waals surface area contributed by atoms with E-state index in [9.17, 15) is 9.18 Å². The maximum atomic E-state index is 13.3. The van der Waals surface area contributed by atoms with Gasteiger partial charge in [0.2, 0.25) is 0 Å². The second kappa shape index (κ2) is 4.19. The molecule has 0 spiro atoms. The summed E-state index contributed by atoms with van der Waals surface area (Å²) in [6, 6.07) is 8.23. The molecular formula is C10H8ClFO. The molecule has 1 aromatic rings. The lowest BCUT2D eigenvalue weighted by atomic mass is 10.2. The van der Waals surface area contributed by atoms with Crippen LogP contribution in [0.25, 0.3) is 5.83 Å². The van der Waals surface area contributed by atoms with E-state index < -0.39 is 11.6 Å². The smallest absolute Gasteiger partial charge is 0.174 e. The lowest BCUT2D eigenvalue weighted by molar-refractivity contribution is -0.113. The summed E-state index contributed by atoms with van der Waals surface area (Å²) < 4.78 is 13.3. The van der Waals surface area contributed by atoms with Gasteiger partial charge in [-0.15, -0.1) is 0 Å². The standard InChI is InChI=1S/C10H8ClFO/c1-7(13)9(11)10(12)8-5-3-2-4-6-8/h2-6H,1H3. The minimum atomic E-state index is -0.672. The minimum Gasteiger partial charge on any atom is -0.293 e. The zero-order valence-electron chi connectivity index (χ0n) is 7.05. The van der Waals surface area contributed by atoms with Crippen LogP contribution in [0.2, 0.25) is 0 Å². The number of benzene rings is 1. The summed E-state index contributed by atoms with van der Waals surface area (Å²) in [6.07, 6.45) is 0. The number of rotatable bonds is 2. The van der Waals surface area contributed by atoms with Crippen LogP contribution in [-0.4, -0.2) is 5.78 Å². The highest BCUT2D eigenvalue weighted by Gasteiger charge is 2.09. The van der Waals surface area contributed by atoms with Gasteiger partial charge in [0.05, 0.1) is 0 Å². The molecule has 0 aliphatic rings. The molecule has 1 rings (SSSR count). The van der Waals surface area contributed by atoms with Crippen LogP contribution >= 0.6 is 11.6 Å². The molecule has 0 fully saturated rings. The number of carbonyl (C=O) groups is 1. The van der Waals surface area contributed by atoms with Crippen LogP contribution in [0.15, 0.2) is 35.4 Å². The molecule has 0 bridgehead atoms. The van der Waals surface area contributed by atoms with E-state index in [1.165, 1.54) is 6.92 Å². The Bertz CT molecular complexity index is 343. The molecule has 0 N–H and O–H groups in total. The molecule has 0 aliphatic heterocycles. The Labute approximate surface area is 80.8 Å². The van der Waals surface area contributed by atoms with Crippen molar-refractivity contribution in [3.63, 3.8) is 0 Å². The molecule has 13 heavy (non-hydrogen) atoms. The molecule has 0 amide bonds. The Morgan fingerprint density at radius 2 is 1.85 bits per heavy atom. The quantitative estimate of drug-likeness (QED) is 0.668. The summed E-state index contributed by atoms with van der Waals surface area (Å²) in [5.41, 5.74) is 0.322. The first kappa shape index (κ1) is 9.93. The maximum Gasteiger partial charge on any atom is 0.174 e. The lowest BCUT2D eigenvalue weighted by Gasteiger charge is -1.98. The van der Waals surface area contributed by atoms with Gasteiger partial charge in [-0.1, -0.05) is 41.9 Å². The van der Waals surface area contributed by atoms with Gasteiger partial charge in [-0.05, 0) is 0 Å². The van der Waals surface area contributed by atoms with E-state index in [0.29, 0.717) is 5.56 Å². The molecule has 0 saturated heterocycles. The third-order valence-corrected chi connectivity index (χ3v) is 1.96. The fourth-order valence-corrected chi connectivity index (χ4v) is 0.975. The summed E-state index contributed by atoms with van der Waals surface area (Å²) in [4.78, 5) is 10.7. The van der Waals surface area contributed by atoms with Crippen LogP contribution in [0.3, 0.4) is 0 Å². The highest BCUT2D eigenvalue weighted by Crippen LogP contribution is 2.22. The van der Waals surface area contributed by atoms with Crippen molar-refractivity contribution in [1.82, 2.24) is 0 Å². The Balaban J connectivity index is 3.11. The van der Waals surface area contributed by atoms with Gasteiger partial charge in [0.1, 0.15) is 5.03 Å². The zero-order chi connectivity index (χ0) is 9.84. The van der Waals surface area contributed by atoms with Crippen LogP contribution in [0.4, 0.5) is 4.39 Å². The van der Waals surface area contributed by atoms with Gasteiger partial charge in [-0.25, -0.2) is 4.39 Å². The topological polar surface area (TPSA) is 17.1 Å². The van der Waals surface area contributed by atoms with Crippen LogP contribution in [0, 0.1) is 0 Å². The number of carbonyl (C=O) groups excluding carboxylic acids is 1. The summed E-state index contributed by atoms with van der Waals surface area (Å²) in [5, 5.41) is -0.355. The Kier molecular flexibility index (Phi) is 3.20. The van der Waals surface area contributed by atoms with E-state index in [4.69, 9.17) is 11.6 Å². The van der Waals surface area contributed by atoms with E-state index in [1.54, 1.807) is 30.3 Å². The van der Waals surface area contributed by atoms with Crippen LogP contribution in [0.5, 0.6) is 0 Å². The van der Waals surface area contributed by atoms with Gasteiger partial charge in [0, 0.05) is 12.5 Å². The minimum absolute atomic E-state index is 0.322. The van der Waals surface area contributed by atoms with Gasteiger partial charge in [0.25, 0.3) is 0 Å². The summed E-state index contributed by atoms with van der Waals surface area (Å²) in [6.45, 7) is 1.23. The molecule has 0 aromatic heterocycles. The largest absolute Gasteiger partial charge is 0.293 e. The second-order valence-electron chi connectivity index (χ2n) is 2.55. The van der Waals surface area contributed by atoms with Crippen LogP contribution < -0.4 is 0 Å². The number of halogens is 2. The van der Waals surface area contributed by atoms with Gasteiger partial charge in [0.15, 0.2) is 11.6 Å². The number of ketones is 1. The third-order valence-electron chi connectivity index (χ3n) is 1.53. The number of allylic oxidation sites excluding steroid dienone is 1. The average molecular weight is 199 g/mol. The van der Waals surface area contributed by atoms with Gasteiger partial charge >= 0.3 is 0 Å². The highest BCUT2D eigenvalue weighted by atomic mass is 35.5. The Morgan fingerprint density at radius 1 is 1.31 bits per heavy atom. The predicted octanol–water partition coefficient (Wildman–Crippen LogP) is 3.15. The van der Waals surface area contributed by atoms with Gasteiger partial charge < -0.3 is 0 Å². The van der Waals surface area contributed by atoms with E-state index in [0.717, 1.165) is 0 Å². The molecule has 1 aromatic carbocycles. The lowest BCUT2D eigenvalue weighted by Crippen LogP contribution is -1.91. The van der Waals surface area contributed by atoms with E-state index >= 15 is 0 Å². The number of hydrogen-bond donors (Lipinski definition) is 0. The highest BCUT2D eigenvalue weighted by molar-refractivity contribution is 6.44. The first-order chi connectivity index (χ1) is 6.13. The van der Waals surface area contributed by atoms with E-state index in [-0.39, 0.29) is 5.03 Å². The molecular weight excluding hydrogens is 191 g/mol. The SMILES string of the molecule is CC(=O)C(Cl)=C(F)c1ccccc1. The van der Waals surface area contributed by atoms with Crippen molar-refractivity contribution in [3.8, 4) is 0 Å². The first-order valence-electron chi connectivity index (χ1n) is 3.74.